The van der Waals surface area contributed by atoms with Gasteiger partial charge in [-0.1, -0.05) is 0 Å². The van der Waals surface area contributed by atoms with E-state index in [0.717, 1.165) is 0 Å². The molecule has 0 aliphatic carbocycles. The summed E-state index contributed by atoms with van der Waals surface area (Å²) in [6, 6.07) is 0. The molecule has 0 spiro atoms. The Bertz CT molecular complexity index is 602. The second-order valence-electron chi connectivity index (χ2n) is 4.72. The number of amides is 1. The number of piperazine rings is 1. The van der Waals surface area contributed by atoms with Gasteiger partial charge >= 0.3 is 0 Å². The quantitative estimate of drug-likeness (QED) is 0.788. The molecule has 2 heterocycles. The van der Waals surface area contributed by atoms with Crippen LogP contribution in [0.2, 0.25) is 0 Å². The van der Waals surface area contributed by atoms with E-state index in [1.807, 2.05) is 6.92 Å². The third-order valence-corrected chi connectivity index (χ3v) is 4.67. The van der Waals surface area contributed by atoms with Gasteiger partial charge in [-0.05, 0) is 6.92 Å². The molecule has 0 bridgehead atoms. The van der Waals surface area contributed by atoms with Crippen molar-refractivity contribution in [3.63, 3.8) is 0 Å². The Morgan fingerprint density at radius 3 is 2.45 bits per heavy atom. The first kappa shape index (κ1) is 14.8. The number of carbonyl (C=O) groups is 1. The number of nitrogens with two attached hydrogens (primary N) is 1. The molecule has 1 amide bonds. The van der Waals surface area contributed by atoms with Crippen LogP contribution >= 0.6 is 0 Å². The van der Waals surface area contributed by atoms with Gasteiger partial charge in [-0.25, -0.2) is 8.42 Å². The van der Waals surface area contributed by atoms with Crippen molar-refractivity contribution >= 4 is 21.6 Å². The second-order valence-corrected chi connectivity index (χ2v) is 6.70. The molecule has 8 nitrogen and oxygen atoms in total. The van der Waals surface area contributed by atoms with Crippen molar-refractivity contribution in [2.24, 2.45) is 0 Å². The van der Waals surface area contributed by atoms with Crippen LogP contribution in [-0.2, 0) is 16.6 Å². The molecule has 1 saturated heterocycles. The van der Waals surface area contributed by atoms with Crippen LogP contribution in [-0.4, -0.2) is 65.7 Å². The van der Waals surface area contributed by atoms with E-state index in [-0.39, 0.29) is 5.91 Å². The average molecular weight is 301 g/mol. The van der Waals surface area contributed by atoms with Crippen molar-refractivity contribution in [1.29, 1.82) is 0 Å². The highest BCUT2D eigenvalue weighted by atomic mass is 32.2. The van der Waals surface area contributed by atoms with Crippen molar-refractivity contribution < 1.29 is 13.2 Å². The molecule has 1 aliphatic heterocycles. The van der Waals surface area contributed by atoms with Gasteiger partial charge in [-0.15, -0.1) is 0 Å². The first-order valence-corrected chi connectivity index (χ1v) is 8.25. The molecular formula is C11H19N5O3S. The molecule has 1 aliphatic rings. The minimum absolute atomic E-state index is 0.199. The lowest BCUT2D eigenvalue weighted by Gasteiger charge is -2.33. The molecule has 1 fully saturated rings. The number of hydrogen-bond acceptors (Lipinski definition) is 5. The highest BCUT2D eigenvalue weighted by Crippen LogP contribution is 2.16. The Morgan fingerprint density at radius 1 is 1.35 bits per heavy atom. The van der Waals surface area contributed by atoms with E-state index in [9.17, 15) is 13.2 Å². The standard InChI is InChI=1S/C11H19N5O3S/c1-3-16-10(9(12)8-13-16)11(17)14-4-6-15(7-5-14)20(2,18)19/h8H,3-7,12H2,1-2H3. The summed E-state index contributed by atoms with van der Waals surface area (Å²) in [6.45, 7) is 3.78. The molecule has 0 aromatic carbocycles. The molecule has 0 saturated carbocycles. The maximum Gasteiger partial charge on any atom is 0.274 e. The summed E-state index contributed by atoms with van der Waals surface area (Å²) in [4.78, 5) is 14.0. The summed E-state index contributed by atoms with van der Waals surface area (Å²) >= 11 is 0. The Kier molecular flexibility index (Phi) is 4.00. The number of nitrogens with zero attached hydrogens (tertiary/aromatic N) is 4. The lowest BCUT2D eigenvalue weighted by Crippen LogP contribution is -2.50. The predicted octanol–water partition coefficient (Wildman–Crippen LogP) is -0.797. The monoisotopic (exact) mass is 301 g/mol. The Balaban J connectivity index is 2.11. The first-order valence-electron chi connectivity index (χ1n) is 6.40. The number of sulfonamides is 1. The van der Waals surface area contributed by atoms with Gasteiger partial charge in [0, 0.05) is 32.7 Å². The summed E-state index contributed by atoms with van der Waals surface area (Å²) in [6.07, 6.45) is 2.64. The largest absolute Gasteiger partial charge is 0.396 e. The normalized spacial score (nSPS) is 17.4. The fourth-order valence-electron chi connectivity index (χ4n) is 2.25. The third-order valence-electron chi connectivity index (χ3n) is 3.36. The minimum atomic E-state index is -3.20. The fourth-order valence-corrected chi connectivity index (χ4v) is 3.07. The van der Waals surface area contributed by atoms with E-state index in [0.29, 0.717) is 44.1 Å². The number of hydrogen-bond donors (Lipinski definition) is 1. The number of rotatable bonds is 3. The molecule has 2 rings (SSSR count). The highest BCUT2D eigenvalue weighted by Gasteiger charge is 2.29. The van der Waals surface area contributed by atoms with Gasteiger partial charge in [0.1, 0.15) is 5.69 Å². The first-order chi connectivity index (χ1) is 9.34. The zero-order valence-corrected chi connectivity index (χ0v) is 12.4. The second kappa shape index (κ2) is 5.41. The predicted molar refractivity (Wildman–Crippen MR) is 74.6 cm³/mol. The van der Waals surface area contributed by atoms with E-state index >= 15 is 0 Å². The Labute approximate surface area is 118 Å². The van der Waals surface area contributed by atoms with Crippen molar-refractivity contribution in [3.8, 4) is 0 Å². The molecule has 20 heavy (non-hydrogen) atoms. The molecule has 0 atom stereocenters. The summed E-state index contributed by atoms with van der Waals surface area (Å²) in [5, 5.41) is 4.04. The van der Waals surface area contributed by atoms with E-state index in [4.69, 9.17) is 5.73 Å². The topological polar surface area (TPSA) is 102 Å². The van der Waals surface area contributed by atoms with Crippen LogP contribution in [0.25, 0.3) is 0 Å². The van der Waals surface area contributed by atoms with Gasteiger partial charge in [0.05, 0.1) is 18.1 Å². The van der Waals surface area contributed by atoms with E-state index in [2.05, 4.69) is 5.10 Å². The molecular weight excluding hydrogens is 282 g/mol. The van der Waals surface area contributed by atoms with Crippen LogP contribution in [0, 0.1) is 0 Å². The van der Waals surface area contributed by atoms with E-state index in [1.165, 1.54) is 16.8 Å². The summed E-state index contributed by atoms with van der Waals surface area (Å²) < 4.78 is 25.8. The molecule has 1 aromatic rings. The number of carbonyl (C=O) groups excluding carboxylic acids is 1. The van der Waals surface area contributed by atoms with Crippen LogP contribution in [0.1, 0.15) is 17.4 Å². The Morgan fingerprint density at radius 2 is 1.95 bits per heavy atom. The molecule has 0 radical (unpaired) electrons. The number of nitrogen functional groups attached to an aromatic ring is 1. The maximum absolute atomic E-state index is 12.4. The molecule has 112 valence electrons. The number of anilines is 1. The molecule has 2 N–H and O–H groups in total. The molecule has 0 unspecified atom stereocenters. The third kappa shape index (κ3) is 2.78. The van der Waals surface area contributed by atoms with Crippen molar-refractivity contribution in [1.82, 2.24) is 19.0 Å². The summed E-state index contributed by atoms with van der Waals surface area (Å²) in [5.41, 5.74) is 6.51. The average Bonchev–Trinajstić information content (AvgIpc) is 2.78. The lowest BCUT2D eigenvalue weighted by molar-refractivity contribution is 0.0687. The van der Waals surface area contributed by atoms with Crippen molar-refractivity contribution in [2.45, 2.75) is 13.5 Å². The van der Waals surface area contributed by atoms with Gasteiger partial charge in [0.15, 0.2) is 0 Å². The van der Waals surface area contributed by atoms with Gasteiger partial charge in [0.2, 0.25) is 10.0 Å². The minimum Gasteiger partial charge on any atom is -0.396 e. The van der Waals surface area contributed by atoms with Gasteiger partial charge in [-0.2, -0.15) is 9.40 Å². The van der Waals surface area contributed by atoms with Gasteiger partial charge in [0.25, 0.3) is 5.91 Å². The van der Waals surface area contributed by atoms with Crippen LogP contribution < -0.4 is 5.73 Å². The zero-order valence-electron chi connectivity index (χ0n) is 11.6. The van der Waals surface area contributed by atoms with Crippen LogP contribution in [0.3, 0.4) is 0 Å². The van der Waals surface area contributed by atoms with E-state index < -0.39 is 10.0 Å². The number of aromatic nitrogens is 2. The van der Waals surface area contributed by atoms with E-state index in [1.54, 1.807) is 9.58 Å². The summed E-state index contributed by atoms with van der Waals surface area (Å²) in [7, 11) is -3.20. The van der Waals surface area contributed by atoms with Gasteiger partial charge in [-0.3, -0.25) is 9.48 Å². The highest BCUT2D eigenvalue weighted by molar-refractivity contribution is 7.88. The van der Waals surface area contributed by atoms with Gasteiger partial charge < -0.3 is 10.6 Å². The van der Waals surface area contributed by atoms with Crippen molar-refractivity contribution in [3.05, 3.63) is 11.9 Å². The van der Waals surface area contributed by atoms with Crippen LogP contribution in [0.5, 0.6) is 0 Å². The molecule has 9 heteroatoms. The van der Waals surface area contributed by atoms with Crippen LogP contribution in [0.15, 0.2) is 6.20 Å². The Hall–Kier alpha value is -1.61. The maximum atomic E-state index is 12.4. The zero-order chi connectivity index (χ0) is 14.9. The van der Waals surface area contributed by atoms with Crippen LogP contribution in [0.4, 0.5) is 5.69 Å². The SMILES string of the molecule is CCn1ncc(N)c1C(=O)N1CCN(S(C)(=O)=O)CC1. The summed E-state index contributed by atoms with van der Waals surface area (Å²) in [5.74, 6) is -0.199. The molecule has 1 aromatic heterocycles. The van der Waals surface area contributed by atoms with Crippen molar-refractivity contribution in [2.75, 3.05) is 38.2 Å². The lowest BCUT2D eigenvalue weighted by atomic mass is 10.2. The number of aryl methyl sites for hydroxylation is 1. The fraction of sp³-hybridized carbons (Fsp3) is 0.636. The smallest absolute Gasteiger partial charge is 0.274 e.